The summed E-state index contributed by atoms with van der Waals surface area (Å²) in [7, 11) is 0. The van der Waals surface area contributed by atoms with Gasteiger partial charge in [-0.25, -0.2) is 0 Å². The van der Waals surface area contributed by atoms with Crippen molar-refractivity contribution < 1.29 is 9.90 Å². The lowest BCUT2D eigenvalue weighted by atomic mass is 9.98. The van der Waals surface area contributed by atoms with Crippen molar-refractivity contribution in [2.24, 2.45) is 11.8 Å². The van der Waals surface area contributed by atoms with Crippen molar-refractivity contribution >= 4 is 5.97 Å². The molecule has 1 atom stereocenters. The van der Waals surface area contributed by atoms with E-state index in [0.29, 0.717) is 0 Å². The molecule has 0 aliphatic carbocycles. The van der Waals surface area contributed by atoms with E-state index in [0.717, 1.165) is 25.2 Å². The van der Waals surface area contributed by atoms with Crippen LogP contribution in [0.4, 0.5) is 0 Å². The number of unbranched alkanes of at least 4 members (excludes halogenated alkanes) is 14. The van der Waals surface area contributed by atoms with E-state index in [9.17, 15) is 4.79 Å². The Hall–Kier alpha value is -0.530. The third-order valence-corrected chi connectivity index (χ3v) is 5.68. The minimum atomic E-state index is -0.612. The SMILES string of the molecule is CCC(CCCCCCCCCCCCCCCCCC(C)C)C(=O)O. The molecule has 1 unspecified atom stereocenters. The molecule has 156 valence electrons. The van der Waals surface area contributed by atoms with Crippen molar-refractivity contribution in [3.05, 3.63) is 0 Å². The molecule has 0 aromatic carbocycles. The molecule has 26 heavy (non-hydrogen) atoms. The summed E-state index contributed by atoms with van der Waals surface area (Å²) in [6, 6.07) is 0. The molecule has 2 nitrogen and oxygen atoms in total. The van der Waals surface area contributed by atoms with Crippen molar-refractivity contribution in [1.29, 1.82) is 0 Å². The minimum absolute atomic E-state index is 0.116. The molecule has 0 aromatic rings. The normalized spacial score (nSPS) is 12.6. The van der Waals surface area contributed by atoms with Crippen LogP contribution in [0, 0.1) is 11.8 Å². The number of carboxylic acids is 1. The molecule has 0 radical (unpaired) electrons. The molecule has 0 fully saturated rings. The Balaban J connectivity index is 3.12. The van der Waals surface area contributed by atoms with Gasteiger partial charge in [0.05, 0.1) is 5.92 Å². The maximum absolute atomic E-state index is 10.9. The van der Waals surface area contributed by atoms with Crippen LogP contribution in [-0.4, -0.2) is 11.1 Å². The Kier molecular flexibility index (Phi) is 18.8. The van der Waals surface area contributed by atoms with Gasteiger partial charge >= 0.3 is 5.97 Å². The Bertz CT molecular complexity index is 299. The van der Waals surface area contributed by atoms with Crippen LogP contribution in [0.1, 0.15) is 136 Å². The van der Waals surface area contributed by atoms with Gasteiger partial charge in [0.2, 0.25) is 0 Å². The first-order valence-corrected chi connectivity index (χ1v) is 11.8. The largest absolute Gasteiger partial charge is 0.481 e. The Morgan fingerprint density at radius 1 is 0.615 bits per heavy atom. The van der Waals surface area contributed by atoms with Gasteiger partial charge in [-0.3, -0.25) is 4.79 Å². The number of hydrogen-bond acceptors (Lipinski definition) is 1. The van der Waals surface area contributed by atoms with Crippen molar-refractivity contribution in [2.45, 2.75) is 136 Å². The quantitative estimate of drug-likeness (QED) is 0.219. The predicted molar refractivity (Wildman–Crippen MR) is 115 cm³/mol. The van der Waals surface area contributed by atoms with E-state index in [1.165, 1.54) is 96.3 Å². The average Bonchev–Trinajstić information content (AvgIpc) is 2.60. The predicted octanol–water partition coefficient (Wildman–Crippen LogP) is 8.38. The molecule has 0 saturated heterocycles. The van der Waals surface area contributed by atoms with Crippen molar-refractivity contribution in [1.82, 2.24) is 0 Å². The fourth-order valence-corrected chi connectivity index (χ4v) is 3.74. The second kappa shape index (κ2) is 19.2. The second-order valence-corrected chi connectivity index (χ2v) is 8.72. The zero-order valence-corrected chi connectivity index (χ0v) is 18.2. The van der Waals surface area contributed by atoms with Gasteiger partial charge in [0.15, 0.2) is 0 Å². The lowest BCUT2D eigenvalue weighted by molar-refractivity contribution is -0.142. The molecule has 0 aliphatic rings. The van der Waals surface area contributed by atoms with Crippen LogP contribution in [0.3, 0.4) is 0 Å². The molecule has 0 heterocycles. The smallest absolute Gasteiger partial charge is 0.306 e. The highest BCUT2D eigenvalue weighted by atomic mass is 16.4. The van der Waals surface area contributed by atoms with E-state index in [1.54, 1.807) is 0 Å². The topological polar surface area (TPSA) is 37.3 Å². The van der Waals surface area contributed by atoms with Crippen molar-refractivity contribution in [3.63, 3.8) is 0 Å². The summed E-state index contributed by atoms with van der Waals surface area (Å²) in [6.07, 6.45) is 23.6. The molecule has 0 rings (SSSR count). The third-order valence-electron chi connectivity index (χ3n) is 5.68. The molecule has 0 aromatic heterocycles. The van der Waals surface area contributed by atoms with E-state index in [1.807, 2.05) is 6.92 Å². The van der Waals surface area contributed by atoms with Gasteiger partial charge in [0.1, 0.15) is 0 Å². The van der Waals surface area contributed by atoms with Crippen LogP contribution in [0.5, 0.6) is 0 Å². The monoisotopic (exact) mass is 368 g/mol. The maximum Gasteiger partial charge on any atom is 0.306 e. The summed E-state index contributed by atoms with van der Waals surface area (Å²) < 4.78 is 0. The summed E-state index contributed by atoms with van der Waals surface area (Å²) >= 11 is 0. The van der Waals surface area contributed by atoms with Crippen LogP contribution >= 0.6 is 0 Å². The van der Waals surface area contributed by atoms with Gasteiger partial charge < -0.3 is 5.11 Å². The fraction of sp³-hybridized carbons (Fsp3) is 0.958. The first kappa shape index (κ1) is 25.5. The Labute approximate surface area is 164 Å². The lowest BCUT2D eigenvalue weighted by Crippen LogP contribution is -2.12. The molecule has 1 N–H and O–H groups in total. The Morgan fingerprint density at radius 2 is 0.923 bits per heavy atom. The molecule has 0 bridgehead atoms. The zero-order chi connectivity index (χ0) is 19.5. The summed E-state index contributed by atoms with van der Waals surface area (Å²) in [5.41, 5.74) is 0. The molecule has 0 spiro atoms. The fourth-order valence-electron chi connectivity index (χ4n) is 3.74. The minimum Gasteiger partial charge on any atom is -0.481 e. The lowest BCUT2D eigenvalue weighted by Gasteiger charge is -2.08. The molecule has 2 heteroatoms. The summed E-state index contributed by atoms with van der Waals surface area (Å²) in [4.78, 5) is 10.9. The van der Waals surface area contributed by atoms with Gasteiger partial charge in [-0.2, -0.15) is 0 Å². The highest BCUT2D eigenvalue weighted by molar-refractivity contribution is 5.69. The zero-order valence-electron chi connectivity index (χ0n) is 18.2. The summed E-state index contributed by atoms with van der Waals surface area (Å²) in [5.74, 6) is 0.147. The number of rotatable bonds is 20. The van der Waals surface area contributed by atoms with Crippen LogP contribution in [0.25, 0.3) is 0 Å². The summed E-state index contributed by atoms with van der Waals surface area (Å²) in [5, 5.41) is 9.02. The van der Waals surface area contributed by atoms with Crippen LogP contribution in [0.15, 0.2) is 0 Å². The van der Waals surface area contributed by atoms with Gasteiger partial charge in [-0.15, -0.1) is 0 Å². The number of carbonyl (C=O) groups is 1. The van der Waals surface area contributed by atoms with Gasteiger partial charge in [-0.05, 0) is 18.8 Å². The second-order valence-electron chi connectivity index (χ2n) is 8.72. The molecular formula is C24H48O2. The molecular weight excluding hydrogens is 320 g/mol. The highest BCUT2D eigenvalue weighted by Crippen LogP contribution is 2.17. The molecule has 0 saturated carbocycles. The summed E-state index contributed by atoms with van der Waals surface area (Å²) in [6.45, 7) is 6.63. The molecule has 0 aliphatic heterocycles. The highest BCUT2D eigenvalue weighted by Gasteiger charge is 2.13. The van der Waals surface area contributed by atoms with E-state index in [-0.39, 0.29) is 5.92 Å². The van der Waals surface area contributed by atoms with Crippen LogP contribution < -0.4 is 0 Å². The first-order valence-electron chi connectivity index (χ1n) is 11.8. The van der Waals surface area contributed by atoms with Gasteiger partial charge in [-0.1, -0.05) is 124 Å². The number of carboxylic acid groups (broad SMARTS) is 1. The van der Waals surface area contributed by atoms with E-state index >= 15 is 0 Å². The average molecular weight is 369 g/mol. The van der Waals surface area contributed by atoms with E-state index in [4.69, 9.17) is 5.11 Å². The maximum atomic E-state index is 10.9. The molecule has 0 amide bonds. The van der Waals surface area contributed by atoms with E-state index in [2.05, 4.69) is 13.8 Å². The third kappa shape index (κ3) is 18.3. The number of aliphatic carboxylic acids is 1. The van der Waals surface area contributed by atoms with Crippen LogP contribution in [0.2, 0.25) is 0 Å². The van der Waals surface area contributed by atoms with Crippen molar-refractivity contribution in [2.75, 3.05) is 0 Å². The number of hydrogen-bond donors (Lipinski definition) is 1. The van der Waals surface area contributed by atoms with E-state index < -0.39 is 5.97 Å². The standard InChI is InChI=1S/C24H48O2/c1-4-23(24(25)26)21-19-17-15-13-11-9-7-5-6-8-10-12-14-16-18-20-22(2)3/h22-23H,4-21H2,1-3H3,(H,25,26). The van der Waals surface area contributed by atoms with Crippen molar-refractivity contribution in [3.8, 4) is 0 Å². The van der Waals surface area contributed by atoms with Gasteiger partial charge in [0, 0.05) is 0 Å². The first-order chi connectivity index (χ1) is 12.6. The van der Waals surface area contributed by atoms with Gasteiger partial charge in [0.25, 0.3) is 0 Å². The van der Waals surface area contributed by atoms with Crippen LogP contribution in [-0.2, 0) is 4.79 Å². The Morgan fingerprint density at radius 3 is 1.19 bits per heavy atom.